The topological polar surface area (TPSA) is 37.3 Å². The molecule has 0 saturated heterocycles. The lowest BCUT2D eigenvalue weighted by Gasteiger charge is -2.61. The molecule has 31 heavy (non-hydrogen) atoms. The molecule has 3 saturated carbocycles. The number of fused-ring (bicyclic) bond motifs is 5. The second kappa shape index (κ2) is 8.00. The van der Waals surface area contributed by atoms with E-state index in [9.17, 15) is 9.90 Å². The number of allylic oxidation sites excluding steroid dienone is 2. The van der Waals surface area contributed by atoms with Crippen molar-refractivity contribution in [1.29, 1.82) is 0 Å². The summed E-state index contributed by atoms with van der Waals surface area (Å²) in [7, 11) is 0. The monoisotopic (exact) mass is 428 g/mol. The first-order valence-electron chi connectivity index (χ1n) is 13.4. The van der Waals surface area contributed by atoms with Crippen molar-refractivity contribution in [2.45, 2.75) is 112 Å². The van der Waals surface area contributed by atoms with Gasteiger partial charge in [0.15, 0.2) is 0 Å². The van der Waals surface area contributed by atoms with Gasteiger partial charge in [-0.25, -0.2) is 0 Å². The smallest absolute Gasteiger partial charge is 0.142 e. The third-order valence-corrected chi connectivity index (χ3v) is 10.8. The molecule has 0 unspecified atom stereocenters. The standard InChI is InChI=1S/C29H48O2/c1-18(2)9-8-10-19(3)21-12-13-22-20-11-14-24-27(4,5)25(31)15-16-28(24,6)26(20)23(30)17-29(21,22)7/h14,18-23,26,30H,8-13,15-17H2,1-7H3/t19-,20+,21-,22+,23-,26-,28+,29-/m1/s1. The van der Waals surface area contributed by atoms with Gasteiger partial charge in [-0.05, 0) is 92.3 Å². The van der Waals surface area contributed by atoms with Crippen molar-refractivity contribution in [3.63, 3.8) is 0 Å². The van der Waals surface area contributed by atoms with Crippen LogP contribution in [0.25, 0.3) is 0 Å². The fourth-order valence-corrected chi connectivity index (χ4v) is 9.38. The van der Waals surface area contributed by atoms with E-state index in [0.717, 1.165) is 42.9 Å². The molecule has 2 nitrogen and oxygen atoms in total. The van der Waals surface area contributed by atoms with Crippen LogP contribution >= 0.6 is 0 Å². The Bertz CT molecular complexity index is 733. The number of carbonyl (C=O) groups excluding carboxylic acids is 1. The lowest BCUT2D eigenvalue weighted by atomic mass is 9.43. The molecule has 0 spiro atoms. The maximum Gasteiger partial charge on any atom is 0.142 e. The van der Waals surface area contributed by atoms with Gasteiger partial charge in [0.25, 0.3) is 0 Å². The minimum atomic E-state index is -0.360. The SMILES string of the molecule is CC(C)CCC[C@@H](C)[C@H]1CC[C@H]2[C@@H]3CC=C4C(C)(C)C(=O)CC[C@]4(C)[C@H]3[C@H](O)C[C@]12C. The van der Waals surface area contributed by atoms with Gasteiger partial charge in [-0.3, -0.25) is 4.79 Å². The molecule has 4 aliphatic carbocycles. The molecule has 0 bridgehead atoms. The highest BCUT2D eigenvalue weighted by molar-refractivity contribution is 5.89. The van der Waals surface area contributed by atoms with Gasteiger partial charge in [0.2, 0.25) is 0 Å². The average Bonchev–Trinajstić information content (AvgIpc) is 3.01. The van der Waals surface area contributed by atoms with Gasteiger partial charge in [0.1, 0.15) is 5.78 Å². The summed E-state index contributed by atoms with van der Waals surface area (Å²) in [4.78, 5) is 12.7. The van der Waals surface area contributed by atoms with Crippen LogP contribution in [0.5, 0.6) is 0 Å². The second-order valence-electron chi connectivity index (χ2n) is 13.4. The van der Waals surface area contributed by atoms with E-state index in [1.165, 1.54) is 37.7 Å². The number of Topliss-reactive ketones (excluding diaryl/α,β-unsaturated/α-hetero) is 1. The summed E-state index contributed by atoms with van der Waals surface area (Å²) in [5.41, 5.74) is 1.25. The Morgan fingerprint density at radius 3 is 2.48 bits per heavy atom. The summed E-state index contributed by atoms with van der Waals surface area (Å²) < 4.78 is 0. The van der Waals surface area contributed by atoms with E-state index >= 15 is 0 Å². The van der Waals surface area contributed by atoms with Gasteiger partial charge in [0.05, 0.1) is 6.10 Å². The molecule has 0 heterocycles. The zero-order valence-electron chi connectivity index (χ0n) is 21.3. The summed E-state index contributed by atoms with van der Waals surface area (Å²) in [6, 6.07) is 0. The van der Waals surface area contributed by atoms with Gasteiger partial charge in [-0.1, -0.05) is 65.5 Å². The van der Waals surface area contributed by atoms with Crippen LogP contribution in [0.3, 0.4) is 0 Å². The fraction of sp³-hybridized carbons (Fsp3) is 0.897. The molecule has 3 fully saturated rings. The van der Waals surface area contributed by atoms with Crippen LogP contribution in [0.1, 0.15) is 106 Å². The summed E-state index contributed by atoms with van der Waals surface area (Å²) >= 11 is 0. The maximum absolute atomic E-state index is 12.7. The van der Waals surface area contributed by atoms with Crippen molar-refractivity contribution in [3.05, 3.63) is 11.6 Å². The highest BCUT2D eigenvalue weighted by Crippen LogP contribution is 2.68. The molecule has 0 amide bonds. The van der Waals surface area contributed by atoms with Crippen LogP contribution in [0, 0.1) is 51.8 Å². The normalized spacial score (nSPS) is 45.0. The molecule has 8 atom stereocenters. The Morgan fingerprint density at radius 2 is 1.81 bits per heavy atom. The molecule has 0 aliphatic heterocycles. The first-order chi connectivity index (χ1) is 14.4. The summed E-state index contributed by atoms with van der Waals surface area (Å²) in [5.74, 6) is 4.34. The minimum Gasteiger partial charge on any atom is -0.393 e. The number of hydrogen-bond acceptors (Lipinski definition) is 2. The Morgan fingerprint density at radius 1 is 1.10 bits per heavy atom. The van der Waals surface area contributed by atoms with Crippen molar-refractivity contribution >= 4 is 5.78 Å². The van der Waals surface area contributed by atoms with Crippen LogP contribution in [0.4, 0.5) is 0 Å². The van der Waals surface area contributed by atoms with Gasteiger partial charge in [-0.15, -0.1) is 0 Å². The molecule has 176 valence electrons. The van der Waals surface area contributed by atoms with E-state index in [-0.39, 0.29) is 22.3 Å². The van der Waals surface area contributed by atoms with E-state index in [0.29, 0.717) is 24.0 Å². The molecule has 2 heteroatoms. The predicted molar refractivity (Wildman–Crippen MR) is 129 cm³/mol. The number of hydrogen-bond donors (Lipinski definition) is 1. The molecule has 0 aromatic carbocycles. The fourth-order valence-electron chi connectivity index (χ4n) is 9.38. The van der Waals surface area contributed by atoms with Crippen LogP contribution in [0.2, 0.25) is 0 Å². The van der Waals surface area contributed by atoms with Crippen molar-refractivity contribution in [2.24, 2.45) is 51.8 Å². The van der Waals surface area contributed by atoms with Gasteiger partial charge < -0.3 is 5.11 Å². The first-order valence-corrected chi connectivity index (χ1v) is 13.4. The molecule has 4 aliphatic rings. The van der Waals surface area contributed by atoms with E-state index in [1.54, 1.807) is 0 Å². The van der Waals surface area contributed by atoms with Crippen molar-refractivity contribution in [3.8, 4) is 0 Å². The van der Waals surface area contributed by atoms with Crippen LogP contribution < -0.4 is 0 Å². The lowest BCUT2D eigenvalue weighted by Crippen LogP contribution is -2.58. The minimum absolute atomic E-state index is 0.0119. The quantitative estimate of drug-likeness (QED) is 0.470. The third-order valence-electron chi connectivity index (χ3n) is 10.8. The van der Waals surface area contributed by atoms with E-state index in [2.05, 4.69) is 54.5 Å². The number of rotatable bonds is 5. The van der Waals surface area contributed by atoms with E-state index in [1.807, 2.05) is 0 Å². The predicted octanol–water partition coefficient (Wildman–Crippen LogP) is 7.20. The Labute approximate surface area is 191 Å². The van der Waals surface area contributed by atoms with Gasteiger partial charge in [0, 0.05) is 11.8 Å². The molecule has 0 radical (unpaired) electrons. The Hall–Kier alpha value is -0.630. The number of ketones is 1. The average molecular weight is 429 g/mol. The largest absolute Gasteiger partial charge is 0.393 e. The van der Waals surface area contributed by atoms with E-state index in [4.69, 9.17) is 0 Å². The highest BCUT2D eigenvalue weighted by Gasteiger charge is 2.63. The molecule has 0 aromatic rings. The van der Waals surface area contributed by atoms with Crippen LogP contribution in [0.15, 0.2) is 11.6 Å². The number of carbonyl (C=O) groups is 1. The molecule has 4 rings (SSSR count). The Balaban J connectivity index is 1.59. The summed E-state index contributed by atoms with van der Waals surface area (Å²) in [5, 5.41) is 11.7. The third kappa shape index (κ3) is 3.58. The molecule has 1 N–H and O–H groups in total. The van der Waals surface area contributed by atoms with Gasteiger partial charge in [-0.2, -0.15) is 0 Å². The zero-order valence-corrected chi connectivity index (χ0v) is 21.3. The highest BCUT2D eigenvalue weighted by atomic mass is 16.3. The molecular formula is C29H48O2. The Kier molecular flexibility index (Phi) is 6.07. The van der Waals surface area contributed by atoms with Crippen LogP contribution in [-0.4, -0.2) is 17.0 Å². The summed E-state index contributed by atoms with van der Waals surface area (Å²) in [6.07, 6.45) is 12.6. The second-order valence-corrected chi connectivity index (χ2v) is 13.4. The van der Waals surface area contributed by atoms with Crippen molar-refractivity contribution in [1.82, 2.24) is 0 Å². The molecular weight excluding hydrogens is 380 g/mol. The van der Waals surface area contributed by atoms with Crippen molar-refractivity contribution in [2.75, 3.05) is 0 Å². The maximum atomic E-state index is 12.7. The zero-order chi connectivity index (χ0) is 22.8. The van der Waals surface area contributed by atoms with Crippen molar-refractivity contribution < 1.29 is 9.90 Å². The first kappa shape index (κ1) is 23.5. The van der Waals surface area contributed by atoms with Gasteiger partial charge >= 0.3 is 0 Å². The number of aliphatic hydroxyl groups is 1. The number of aliphatic hydroxyl groups excluding tert-OH is 1. The summed E-state index contributed by atoms with van der Waals surface area (Å²) in [6.45, 7) is 16.3. The van der Waals surface area contributed by atoms with E-state index < -0.39 is 0 Å². The molecule has 0 aromatic heterocycles. The lowest BCUT2D eigenvalue weighted by molar-refractivity contribution is -0.144. The van der Waals surface area contributed by atoms with Crippen LogP contribution in [-0.2, 0) is 4.79 Å².